The zero-order valence-corrected chi connectivity index (χ0v) is 29.6. The van der Waals surface area contributed by atoms with Crippen LogP contribution in [0, 0.1) is 21.7 Å². The summed E-state index contributed by atoms with van der Waals surface area (Å²) in [7, 11) is 0. The average Bonchev–Trinajstić information content (AvgIpc) is 2.90. The molecule has 6 atom stereocenters. The molecule has 0 radical (unpaired) electrons. The van der Waals surface area contributed by atoms with Crippen LogP contribution in [0.1, 0.15) is 102 Å². The lowest BCUT2D eigenvalue weighted by Crippen LogP contribution is -2.67. The summed E-state index contributed by atoms with van der Waals surface area (Å²) in [5.41, 5.74) is -3.82. The normalized spacial score (nSPS) is 25.9. The smallest absolute Gasteiger partial charge is 0.311 e. The summed E-state index contributed by atoms with van der Waals surface area (Å²) in [6.07, 6.45) is -2.68. The van der Waals surface area contributed by atoms with Crippen LogP contribution in [0.15, 0.2) is 12.3 Å². The lowest BCUT2D eigenvalue weighted by atomic mass is 9.91. The Morgan fingerprint density at radius 2 is 1.22 bits per heavy atom. The van der Waals surface area contributed by atoms with Crippen LogP contribution in [0.4, 0.5) is 0 Å². The van der Waals surface area contributed by atoms with Crippen LogP contribution in [-0.2, 0) is 47.7 Å². The predicted molar refractivity (Wildman–Crippen MR) is 168 cm³/mol. The van der Waals surface area contributed by atoms with Crippen molar-refractivity contribution >= 4 is 29.7 Å². The number of hydrogen-bond donors (Lipinski definition) is 1. The second-order valence-corrected chi connectivity index (χ2v) is 16.2. The van der Waals surface area contributed by atoms with Gasteiger partial charge in [-0.25, -0.2) is 0 Å². The summed E-state index contributed by atoms with van der Waals surface area (Å²) in [5, 5.41) is 9.57. The Kier molecular flexibility index (Phi) is 12.6. The van der Waals surface area contributed by atoms with Crippen molar-refractivity contribution in [3.05, 3.63) is 12.3 Å². The molecule has 1 fully saturated rings. The monoisotopic (exact) mass is 653 g/mol. The summed E-state index contributed by atoms with van der Waals surface area (Å²) in [6.45, 7) is 19.5. The summed E-state index contributed by atoms with van der Waals surface area (Å²) in [6, 6.07) is -0.476. The van der Waals surface area contributed by atoms with Gasteiger partial charge in [-0.1, -0.05) is 0 Å². The van der Waals surface area contributed by atoms with E-state index < -0.39 is 82.2 Å². The van der Waals surface area contributed by atoms with E-state index in [1.54, 1.807) is 88.0 Å². The third-order valence-corrected chi connectivity index (χ3v) is 7.45. The van der Waals surface area contributed by atoms with Crippen molar-refractivity contribution in [1.82, 2.24) is 4.90 Å². The predicted octanol–water partition coefficient (Wildman–Crippen LogP) is 4.10. The van der Waals surface area contributed by atoms with Crippen LogP contribution >= 0.6 is 0 Å². The van der Waals surface area contributed by atoms with Gasteiger partial charge in [-0.3, -0.25) is 24.0 Å². The Labute approximate surface area is 273 Å². The fourth-order valence-corrected chi connectivity index (χ4v) is 4.51. The first kappa shape index (κ1) is 39.2. The Bertz CT molecular complexity index is 1150. The van der Waals surface area contributed by atoms with E-state index in [1.165, 1.54) is 12.3 Å². The first-order valence-corrected chi connectivity index (χ1v) is 15.9. The number of carbonyl (C=O) groups is 5. The molecule has 12 nitrogen and oxygen atoms in total. The van der Waals surface area contributed by atoms with Gasteiger partial charge in [0.25, 0.3) is 0 Å². The molecule has 2 aliphatic heterocycles. The van der Waals surface area contributed by atoms with Gasteiger partial charge in [-0.05, 0) is 102 Å². The summed E-state index contributed by atoms with van der Waals surface area (Å²) in [5.74, 6) is -2.61. The number of carbonyl (C=O) groups excluding carboxylic acids is 5. The minimum atomic E-state index is -1.40. The summed E-state index contributed by atoms with van der Waals surface area (Å²) in [4.78, 5) is 67.4. The van der Waals surface area contributed by atoms with Crippen molar-refractivity contribution in [1.29, 1.82) is 0 Å². The van der Waals surface area contributed by atoms with E-state index >= 15 is 0 Å². The van der Waals surface area contributed by atoms with Crippen molar-refractivity contribution in [2.45, 2.75) is 139 Å². The standard InChI is InChI=1S/C34H55NO11/c1-31(2,3)27(38)42-19-22-23(44-28(39)32(4,5)6)24(45-29(40)33(7,8)9)25(46-30(41)34(10,11)12)26(43-22)35-16-15-21(37)18-20(35)14-13-17-36/h15-16,20,22-26,36H,13-14,17-19H2,1-12H3/t20-,22+,23-,24-,25+,26+/m0/s1. The van der Waals surface area contributed by atoms with Crippen molar-refractivity contribution in [3.63, 3.8) is 0 Å². The molecule has 0 aromatic rings. The van der Waals surface area contributed by atoms with E-state index in [9.17, 15) is 29.1 Å². The third-order valence-electron chi connectivity index (χ3n) is 7.45. The molecule has 2 heterocycles. The van der Waals surface area contributed by atoms with Crippen LogP contribution in [0.5, 0.6) is 0 Å². The van der Waals surface area contributed by atoms with Gasteiger partial charge >= 0.3 is 23.9 Å². The van der Waals surface area contributed by atoms with Crippen LogP contribution < -0.4 is 0 Å². The van der Waals surface area contributed by atoms with Crippen LogP contribution in [0.25, 0.3) is 0 Å². The molecule has 1 N–H and O–H groups in total. The van der Waals surface area contributed by atoms with E-state index in [-0.39, 0.29) is 25.4 Å². The average molecular weight is 654 g/mol. The third kappa shape index (κ3) is 10.5. The topological polar surface area (TPSA) is 155 Å². The maximum absolute atomic E-state index is 13.5. The molecular formula is C34H55NO11. The van der Waals surface area contributed by atoms with Gasteiger partial charge in [0.05, 0.1) is 21.7 Å². The highest BCUT2D eigenvalue weighted by Gasteiger charge is 2.56. The highest BCUT2D eigenvalue weighted by Crippen LogP contribution is 2.37. The number of nitrogens with zero attached hydrogens (tertiary/aromatic N) is 1. The molecule has 0 spiro atoms. The SMILES string of the molecule is CC(C)(C)C(=O)OC[C@H]1O[C@@H](N2C=CC(=O)C[C@@H]2CCCO)[C@H](OC(=O)C(C)(C)C)[C@@H](OC(=O)C(C)(C)C)[C@H]1OC(=O)C(C)(C)C. The molecule has 12 heteroatoms. The summed E-state index contributed by atoms with van der Waals surface area (Å²) >= 11 is 0. The lowest BCUT2D eigenvalue weighted by Gasteiger charge is -2.50. The van der Waals surface area contributed by atoms with Crippen LogP contribution in [0.2, 0.25) is 0 Å². The Hall–Kier alpha value is -2.99. The number of aliphatic hydroxyl groups is 1. The van der Waals surface area contributed by atoms with E-state index in [2.05, 4.69) is 0 Å². The molecule has 0 aromatic heterocycles. The maximum atomic E-state index is 13.5. The minimum absolute atomic E-state index is 0.0921. The molecule has 0 aliphatic carbocycles. The van der Waals surface area contributed by atoms with Crippen LogP contribution in [0.3, 0.4) is 0 Å². The molecule has 0 bridgehead atoms. The van der Waals surface area contributed by atoms with Gasteiger partial charge in [0, 0.05) is 25.3 Å². The fourth-order valence-electron chi connectivity index (χ4n) is 4.51. The molecule has 0 aromatic carbocycles. The molecule has 262 valence electrons. The van der Waals surface area contributed by atoms with Gasteiger partial charge in [-0.15, -0.1) is 0 Å². The largest absolute Gasteiger partial charge is 0.462 e. The van der Waals surface area contributed by atoms with Crippen molar-refractivity contribution in [2.24, 2.45) is 21.7 Å². The molecule has 2 aliphatic rings. The van der Waals surface area contributed by atoms with Crippen molar-refractivity contribution in [2.75, 3.05) is 13.2 Å². The number of ether oxygens (including phenoxy) is 5. The van der Waals surface area contributed by atoms with Crippen molar-refractivity contribution < 1.29 is 52.8 Å². The van der Waals surface area contributed by atoms with E-state index in [1.807, 2.05) is 0 Å². The quantitative estimate of drug-likeness (QED) is 0.281. The van der Waals surface area contributed by atoms with Gasteiger partial charge in [0.2, 0.25) is 0 Å². The van der Waals surface area contributed by atoms with Gasteiger partial charge in [0.15, 0.2) is 30.3 Å². The number of hydrogen-bond acceptors (Lipinski definition) is 12. The maximum Gasteiger partial charge on any atom is 0.311 e. The Balaban J connectivity index is 2.80. The second kappa shape index (κ2) is 14.8. The number of rotatable bonds is 9. The first-order chi connectivity index (χ1) is 20.9. The zero-order chi connectivity index (χ0) is 35.4. The van der Waals surface area contributed by atoms with Crippen molar-refractivity contribution in [3.8, 4) is 0 Å². The number of ketones is 1. The first-order valence-electron chi connectivity index (χ1n) is 15.9. The molecule has 1 saturated heterocycles. The van der Waals surface area contributed by atoms with Gasteiger partial charge in [0.1, 0.15) is 12.7 Å². The van der Waals surface area contributed by atoms with E-state index in [0.29, 0.717) is 12.8 Å². The minimum Gasteiger partial charge on any atom is -0.462 e. The zero-order valence-electron chi connectivity index (χ0n) is 29.6. The lowest BCUT2D eigenvalue weighted by molar-refractivity contribution is -0.283. The summed E-state index contributed by atoms with van der Waals surface area (Å²) < 4.78 is 30.4. The molecule has 46 heavy (non-hydrogen) atoms. The molecule has 0 saturated carbocycles. The highest BCUT2D eigenvalue weighted by atomic mass is 16.7. The highest BCUT2D eigenvalue weighted by molar-refractivity contribution is 5.90. The van der Waals surface area contributed by atoms with Gasteiger partial charge < -0.3 is 33.7 Å². The number of aliphatic hydroxyl groups excluding tert-OH is 1. The second-order valence-electron chi connectivity index (χ2n) is 16.2. The van der Waals surface area contributed by atoms with E-state index in [0.717, 1.165) is 0 Å². The molecular weight excluding hydrogens is 598 g/mol. The van der Waals surface area contributed by atoms with Gasteiger partial charge in [-0.2, -0.15) is 0 Å². The Morgan fingerprint density at radius 3 is 1.67 bits per heavy atom. The van der Waals surface area contributed by atoms with Crippen LogP contribution in [-0.4, -0.2) is 89.6 Å². The molecule has 2 rings (SSSR count). The Morgan fingerprint density at radius 1 is 0.761 bits per heavy atom. The fraction of sp³-hybridized carbons (Fsp3) is 0.794. The molecule has 0 unspecified atom stereocenters. The molecule has 0 amide bonds. The number of esters is 4. The van der Waals surface area contributed by atoms with E-state index in [4.69, 9.17) is 23.7 Å². The number of allylic oxidation sites excluding steroid dienone is 1.